The Morgan fingerprint density at radius 2 is 1.25 bits per heavy atom. The molecule has 2 aromatic heterocycles. The second-order valence-electron chi connectivity index (χ2n) is 16.4. The van der Waals surface area contributed by atoms with Gasteiger partial charge in [0.2, 0.25) is 0 Å². The summed E-state index contributed by atoms with van der Waals surface area (Å²) in [5, 5.41) is 7.43. The molecule has 1 unspecified atom stereocenters. The summed E-state index contributed by atoms with van der Waals surface area (Å²) < 4.78 is 4.75. The molecule has 3 N–H and O–H groups in total. The zero-order chi connectivity index (χ0) is 41.5. The van der Waals surface area contributed by atoms with Crippen LogP contribution in [0, 0.1) is 0 Å². The van der Waals surface area contributed by atoms with Crippen LogP contribution in [0.2, 0.25) is 0 Å². The van der Waals surface area contributed by atoms with E-state index in [0.717, 1.165) is 24.1 Å². The number of nitrogens with two attached hydrogens (primary N) is 1. The van der Waals surface area contributed by atoms with Crippen molar-refractivity contribution in [2.75, 3.05) is 12.8 Å². The zero-order valence-corrected chi connectivity index (χ0v) is 35.6. The van der Waals surface area contributed by atoms with Gasteiger partial charge in [-0.25, -0.2) is 0 Å². The molecular weight excluding hydrogens is 729 g/mol. The lowest BCUT2D eigenvalue weighted by Crippen LogP contribution is -2.20. The highest BCUT2D eigenvalue weighted by Crippen LogP contribution is 2.49. The molecule has 1 atom stereocenters. The lowest BCUT2D eigenvalue weighted by Gasteiger charge is -2.24. The summed E-state index contributed by atoms with van der Waals surface area (Å²) in [5.74, 6) is 0. The summed E-state index contributed by atoms with van der Waals surface area (Å²) in [6.45, 7) is 8.62. The van der Waals surface area contributed by atoms with Crippen LogP contribution in [0.4, 0.5) is 5.69 Å². The minimum absolute atomic E-state index is 0.0163. The first-order chi connectivity index (χ1) is 29.3. The van der Waals surface area contributed by atoms with Crippen molar-refractivity contribution >= 4 is 50.0 Å². The van der Waals surface area contributed by atoms with Gasteiger partial charge in [0.15, 0.2) is 0 Å². The summed E-state index contributed by atoms with van der Waals surface area (Å²) in [7, 11) is 4.15. The third-order valence-electron chi connectivity index (χ3n) is 12.8. The number of anilines is 1. The number of hydrogen-bond donors (Lipinski definition) is 2. The molecule has 2 heterocycles. The molecule has 7 aromatic carbocycles. The van der Waals surface area contributed by atoms with E-state index in [4.69, 9.17) is 5.73 Å². The van der Waals surface area contributed by atoms with Crippen molar-refractivity contribution in [2.45, 2.75) is 52.0 Å². The summed E-state index contributed by atoms with van der Waals surface area (Å²) in [6.07, 6.45) is 4.53. The number of para-hydroxylation sites is 4. The van der Waals surface area contributed by atoms with Crippen LogP contribution in [0.25, 0.3) is 61.2 Å². The molecule has 0 amide bonds. The summed E-state index contributed by atoms with van der Waals surface area (Å²) >= 11 is 0. The quantitative estimate of drug-likeness (QED) is 0.171. The van der Waals surface area contributed by atoms with Gasteiger partial charge in [-0.2, -0.15) is 0 Å². The molecule has 4 nitrogen and oxygen atoms in total. The summed E-state index contributed by atoms with van der Waals surface area (Å²) in [6, 6.07) is 59.0. The zero-order valence-electron chi connectivity index (χ0n) is 35.6. The van der Waals surface area contributed by atoms with Crippen LogP contribution in [-0.4, -0.2) is 16.2 Å². The Hall–Kier alpha value is -6.62. The van der Waals surface area contributed by atoms with E-state index in [1.54, 1.807) is 0 Å². The van der Waals surface area contributed by atoms with E-state index < -0.39 is 0 Å². The van der Waals surface area contributed by atoms with Crippen molar-refractivity contribution in [3.8, 4) is 16.8 Å². The van der Waals surface area contributed by atoms with Crippen LogP contribution in [0.1, 0.15) is 79.2 Å². The predicted octanol–water partition coefficient (Wildman–Crippen LogP) is 13.7. The van der Waals surface area contributed by atoms with Crippen LogP contribution in [0.15, 0.2) is 164 Å². The van der Waals surface area contributed by atoms with E-state index in [9.17, 15) is 0 Å². The first kappa shape index (κ1) is 38.9. The number of aryl methyl sites for hydroxylation is 1. The van der Waals surface area contributed by atoms with Gasteiger partial charge in [0.25, 0.3) is 0 Å². The number of benzene rings is 7. The van der Waals surface area contributed by atoms with Crippen LogP contribution in [0.3, 0.4) is 0 Å². The highest BCUT2D eigenvalue weighted by Gasteiger charge is 2.35. The Morgan fingerprint density at radius 1 is 0.600 bits per heavy atom. The minimum Gasteiger partial charge on any atom is -0.398 e. The molecule has 0 aliphatic heterocycles. The molecule has 2 aliphatic carbocycles. The SMILES string of the molecule is CC.CNC(c1ccc2c(c1)C(C)(C)c1ccccc1-2)c1ccccc1N.Cn1c2ccccc2c2cc(C3=Cc4c(n(-c5ccccc5)c5ccccc45)CC3)ccc21. The number of rotatable bonds is 5. The van der Waals surface area contributed by atoms with Gasteiger partial charge < -0.3 is 20.2 Å². The minimum atomic E-state index is 0.0163. The van der Waals surface area contributed by atoms with Crippen LogP contribution in [-0.2, 0) is 18.9 Å². The molecule has 9 aromatic rings. The molecule has 0 saturated heterocycles. The predicted molar refractivity (Wildman–Crippen MR) is 257 cm³/mol. The van der Waals surface area contributed by atoms with E-state index >= 15 is 0 Å². The van der Waals surface area contributed by atoms with Crippen molar-refractivity contribution in [1.82, 2.24) is 14.5 Å². The Bertz CT molecular complexity index is 3050. The van der Waals surface area contributed by atoms with Crippen molar-refractivity contribution in [2.24, 2.45) is 7.05 Å². The molecule has 4 heteroatoms. The van der Waals surface area contributed by atoms with Crippen LogP contribution >= 0.6 is 0 Å². The Morgan fingerprint density at radius 3 is 2.03 bits per heavy atom. The average Bonchev–Trinajstić information content (AvgIpc) is 3.87. The standard InChI is InChI=1S/C31H24N2.C23H24N2.C2H6/c1-32-28-13-7-5-11-24(28)26-19-21(15-17-29(26)32)22-16-18-31-27(20-22)25-12-6-8-14-30(25)33(31)23-9-3-2-4-10-23;1-23(2)19-10-6-4-8-16(19)17-13-12-15(14-20(17)23)22(25-3)18-9-5-7-11-21(18)24;1-2/h2-15,17,19-20H,16,18H2,1H3;4-14,22,25H,24H2,1-3H3;1-2H3. The average molecular weight is 783 g/mol. The number of aromatic nitrogens is 2. The van der Waals surface area contributed by atoms with Crippen LogP contribution < -0.4 is 11.1 Å². The fourth-order valence-electron chi connectivity index (χ4n) is 9.87. The molecule has 0 bridgehead atoms. The highest BCUT2D eigenvalue weighted by molar-refractivity contribution is 6.09. The topological polar surface area (TPSA) is 47.9 Å². The van der Waals surface area contributed by atoms with Gasteiger partial charge in [-0.3, -0.25) is 0 Å². The Balaban J connectivity index is 0.000000154. The number of nitrogens with zero attached hydrogens (tertiary/aromatic N) is 2. The number of nitrogens with one attached hydrogen (secondary N) is 1. The van der Waals surface area contributed by atoms with Gasteiger partial charge in [-0.1, -0.05) is 149 Å². The smallest absolute Gasteiger partial charge is 0.0594 e. The molecule has 0 radical (unpaired) electrons. The third-order valence-corrected chi connectivity index (χ3v) is 12.8. The fourth-order valence-corrected chi connectivity index (χ4v) is 9.87. The second kappa shape index (κ2) is 15.9. The highest BCUT2D eigenvalue weighted by atomic mass is 15.0. The Labute approximate surface area is 354 Å². The van der Waals surface area contributed by atoms with Gasteiger partial charge in [-0.15, -0.1) is 0 Å². The molecule has 0 saturated carbocycles. The molecule has 2 aliphatic rings. The van der Waals surface area contributed by atoms with Gasteiger partial charge in [0, 0.05) is 62.3 Å². The van der Waals surface area contributed by atoms with Gasteiger partial charge in [-0.05, 0) is 113 Å². The number of hydrogen-bond acceptors (Lipinski definition) is 2. The molecule has 11 rings (SSSR count). The Kier molecular flexibility index (Phi) is 10.3. The molecular formula is C56H54N4. The van der Waals surface area contributed by atoms with E-state index in [1.165, 1.54) is 88.6 Å². The van der Waals surface area contributed by atoms with Crippen molar-refractivity contribution < 1.29 is 0 Å². The summed E-state index contributed by atoms with van der Waals surface area (Å²) in [4.78, 5) is 0. The molecule has 60 heavy (non-hydrogen) atoms. The maximum absolute atomic E-state index is 6.23. The van der Waals surface area contributed by atoms with Gasteiger partial charge in [0.1, 0.15) is 0 Å². The number of allylic oxidation sites excluding steroid dienone is 1. The van der Waals surface area contributed by atoms with Gasteiger partial charge in [0.05, 0.1) is 11.6 Å². The molecule has 298 valence electrons. The molecule has 0 spiro atoms. The van der Waals surface area contributed by atoms with Crippen molar-refractivity contribution in [1.29, 1.82) is 0 Å². The lowest BCUT2D eigenvalue weighted by atomic mass is 9.81. The van der Waals surface area contributed by atoms with E-state index in [0.29, 0.717) is 0 Å². The molecule has 0 fully saturated rings. The maximum Gasteiger partial charge on any atom is 0.0594 e. The fraction of sp³-hybridized carbons (Fsp3) is 0.179. The number of nitrogen functional groups attached to an aromatic ring is 1. The summed E-state index contributed by atoms with van der Waals surface area (Å²) in [5.41, 5.74) is 25.6. The van der Waals surface area contributed by atoms with Gasteiger partial charge >= 0.3 is 0 Å². The largest absolute Gasteiger partial charge is 0.398 e. The first-order valence-corrected chi connectivity index (χ1v) is 21.5. The van der Waals surface area contributed by atoms with E-state index in [-0.39, 0.29) is 11.5 Å². The lowest BCUT2D eigenvalue weighted by molar-refractivity contribution is 0.651. The third kappa shape index (κ3) is 6.43. The van der Waals surface area contributed by atoms with Crippen molar-refractivity contribution in [3.05, 3.63) is 203 Å². The first-order valence-electron chi connectivity index (χ1n) is 21.5. The second-order valence-corrected chi connectivity index (χ2v) is 16.4. The normalized spacial score (nSPS) is 14.0. The van der Waals surface area contributed by atoms with E-state index in [1.807, 2.05) is 39.1 Å². The monoisotopic (exact) mass is 782 g/mol. The maximum atomic E-state index is 6.23. The van der Waals surface area contributed by atoms with Crippen LogP contribution in [0.5, 0.6) is 0 Å². The van der Waals surface area contributed by atoms with Crippen molar-refractivity contribution in [3.63, 3.8) is 0 Å². The number of fused-ring (bicyclic) bond motifs is 9. The van der Waals surface area contributed by atoms with E-state index in [2.05, 4.69) is 187 Å².